The van der Waals surface area contributed by atoms with Crippen LogP contribution in [0.5, 0.6) is 0 Å². The van der Waals surface area contributed by atoms with Crippen molar-refractivity contribution in [1.82, 2.24) is 9.55 Å². The third-order valence-corrected chi connectivity index (χ3v) is 5.67. The van der Waals surface area contributed by atoms with E-state index in [1.807, 2.05) is 0 Å². The maximum Gasteiger partial charge on any atom is 0.330 e. The molecule has 0 aliphatic carbocycles. The number of carbonyl (C=O) groups is 1. The number of aromatic nitrogens is 2. The van der Waals surface area contributed by atoms with Crippen molar-refractivity contribution in [3.63, 3.8) is 0 Å². The van der Waals surface area contributed by atoms with Crippen molar-refractivity contribution < 1.29 is 26.9 Å². The van der Waals surface area contributed by atoms with Crippen molar-refractivity contribution in [1.29, 1.82) is 0 Å². The Morgan fingerprint density at radius 1 is 1.28 bits per heavy atom. The number of esters is 1. The summed E-state index contributed by atoms with van der Waals surface area (Å²) in [6.07, 6.45) is -1.20. The third kappa shape index (κ3) is 4.81. The molecule has 1 aromatic heterocycles. The van der Waals surface area contributed by atoms with Crippen molar-refractivity contribution in [2.24, 2.45) is 0 Å². The van der Waals surface area contributed by atoms with E-state index in [1.165, 1.54) is 36.7 Å². The molecule has 1 fully saturated rings. The average Bonchev–Trinajstić information content (AvgIpc) is 3.05. The van der Waals surface area contributed by atoms with Gasteiger partial charge in [-0.05, 0) is 19.1 Å². The first-order chi connectivity index (χ1) is 13.7. The highest BCUT2D eigenvalue weighted by Crippen LogP contribution is 2.31. The molecule has 1 saturated heterocycles. The van der Waals surface area contributed by atoms with Crippen molar-refractivity contribution in [3.8, 4) is 0 Å². The molecule has 0 spiro atoms. The summed E-state index contributed by atoms with van der Waals surface area (Å²) in [5.41, 5.74) is -0.913. The lowest BCUT2D eigenvalue weighted by Gasteiger charge is -2.18. The van der Waals surface area contributed by atoms with Gasteiger partial charge in [-0.15, -0.1) is 0 Å². The zero-order chi connectivity index (χ0) is 21.2. The maximum absolute atomic E-state index is 12.3. The summed E-state index contributed by atoms with van der Waals surface area (Å²) in [6.45, 7) is 2.32. The molecule has 1 N–H and O–H groups in total. The minimum absolute atomic E-state index is 0.0222. The molecule has 1 aromatic carbocycles. The Balaban J connectivity index is 1.80. The summed E-state index contributed by atoms with van der Waals surface area (Å²) in [6, 6.07) is 7.57. The van der Waals surface area contributed by atoms with E-state index in [2.05, 4.69) is 4.98 Å². The number of ether oxygens (including phenoxy) is 2. The summed E-state index contributed by atoms with van der Waals surface area (Å²) in [7, 11) is -4.04. The normalized spacial score (nSPS) is 21.8. The molecule has 3 atom stereocenters. The fraction of sp³-hybridized carbons (Fsp3) is 0.389. The van der Waals surface area contributed by atoms with Gasteiger partial charge in [0.25, 0.3) is 15.7 Å². The Bertz CT molecular complexity index is 1110. The van der Waals surface area contributed by atoms with Crippen LogP contribution in [-0.4, -0.2) is 42.8 Å². The van der Waals surface area contributed by atoms with Crippen molar-refractivity contribution >= 4 is 16.1 Å². The van der Waals surface area contributed by atoms with E-state index in [4.69, 9.17) is 13.7 Å². The van der Waals surface area contributed by atoms with E-state index in [-0.39, 0.29) is 11.3 Å². The number of nitrogens with one attached hydrogen (secondary N) is 1. The van der Waals surface area contributed by atoms with Gasteiger partial charge in [-0.25, -0.2) is 4.79 Å². The number of hydrogen-bond acceptors (Lipinski definition) is 8. The maximum atomic E-state index is 12.3. The second kappa shape index (κ2) is 8.31. The predicted octanol–water partition coefficient (Wildman–Crippen LogP) is 0.470. The Kier molecular flexibility index (Phi) is 6.01. The van der Waals surface area contributed by atoms with E-state index in [0.717, 1.165) is 0 Å². The quantitative estimate of drug-likeness (QED) is 0.522. The van der Waals surface area contributed by atoms with Crippen LogP contribution in [0.3, 0.4) is 0 Å². The zero-order valence-electron chi connectivity index (χ0n) is 15.7. The van der Waals surface area contributed by atoms with Gasteiger partial charge in [0.2, 0.25) is 0 Å². The number of aromatic amines is 1. The monoisotopic (exact) mass is 424 g/mol. The molecule has 1 aliphatic rings. The lowest BCUT2D eigenvalue weighted by Crippen LogP contribution is -2.33. The molecular formula is C18H20N2O8S. The summed E-state index contributed by atoms with van der Waals surface area (Å²) in [5.74, 6) is -0.583. The van der Waals surface area contributed by atoms with Crippen LogP contribution in [0.25, 0.3) is 0 Å². The second-order valence-electron chi connectivity index (χ2n) is 6.54. The highest BCUT2D eigenvalue weighted by atomic mass is 32.2. The molecular weight excluding hydrogens is 404 g/mol. The summed E-state index contributed by atoms with van der Waals surface area (Å²) in [5, 5.41) is 0. The van der Waals surface area contributed by atoms with E-state index in [0.29, 0.717) is 5.56 Å². The number of benzene rings is 1. The smallest absolute Gasteiger partial charge is 0.330 e. The van der Waals surface area contributed by atoms with E-state index in [9.17, 15) is 22.8 Å². The van der Waals surface area contributed by atoms with Gasteiger partial charge >= 0.3 is 11.7 Å². The number of carbonyl (C=O) groups excluding carboxylic acids is 1. The van der Waals surface area contributed by atoms with Gasteiger partial charge in [-0.1, -0.05) is 18.2 Å². The number of nitrogens with zero attached hydrogens (tertiary/aromatic N) is 1. The summed E-state index contributed by atoms with van der Waals surface area (Å²) >= 11 is 0. The molecule has 10 nitrogen and oxygen atoms in total. The van der Waals surface area contributed by atoms with Crippen molar-refractivity contribution in [2.45, 2.75) is 43.6 Å². The van der Waals surface area contributed by atoms with Crippen LogP contribution < -0.4 is 11.2 Å². The highest BCUT2D eigenvalue weighted by Gasteiger charge is 2.40. The molecule has 11 heteroatoms. The molecule has 1 unspecified atom stereocenters. The number of rotatable bonds is 6. The lowest BCUT2D eigenvalue weighted by molar-refractivity contribution is -0.150. The van der Waals surface area contributed by atoms with Crippen LogP contribution in [0, 0.1) is 6.92 Å². The van der Waals surface area contributed by atoms with E-state index in [1.54, 1.807) is 18.2 Å². The van der Waals surface area contributed by atoms with Crippen LogP contribution in [0.2, 0.25) is 0 Å². The molecule has 29 heavy (non-hydrogen) atoms. The topological polar surface area (TPSA) is 134 Å². The Hall–Kier alpha value is -2.76. The molecule has 2 aromatic rings. The fourth-order valence-electron chi connectivity index (χ4n) is 2.97. The largest absolute Gasteiger partial charge is 0.460 e. The van der Waals surface area contributed by atoms with Gasteiger partial charge in [0.15, 0.2) is 0 Å². The van der Waals surface area contributed by atoms with Crippen LogP contribution in [0.4, 0.5) is 0 Å². The van der Waals surface area contributed by atoms with Crippen molar-refractivity contribution in [3.05, 3.63) is 62.9 Å². The molecule has 0 radical (unpaired) electrons. The van der Waals surface area contributed by atoms with Gasteiger partial charge in [-0.3, -0.25) is 23.3 Å². The molecule has 156 valence electrons. The first kappa shape index (κ1) is 21.0. The standard InChI is InChI=1S/C18H20N2O8S/c1-11-9-20(18(23)19-17(11)22)16-8-14(27-12(2)21)15(28-16)10-26-29(24,25)13-6-4-3-5-7-13/h3-7,9,14-16H,8,10H2,1-2H3,(H,19,22,23)/t14?,15-,16-/m1/s1. The average molecular weight is 424 g/mol. The number of hydrogen-bond donors (Lipinski definition) is 1. The SMILES string of the molecule is CC(=O)OC1C[C@H](n2cc(C)c(=O)[nH]c2=O)O[C@@H]1COS(=O)(=O)c1ccccc1. The van der Waals surface area contributed by atoms with E-state index >= 15 is 0 Å². The zero-order valence-corrected chi connectivity index (χ0v) is 16.5. The molecule has 0 amide bonds. The van der Waals surface area contributed by atoms with E-state index < -0.39 is 52.4 Å². The third-order valence-electron chi connectivity index (χ3n) is 4.37. The van der Waals surface area contributed by atoms with Crippen molar-refractivity contribution in [2.75, 3.05) is 6.61 Å². The Morgan fingerprint density at radius 3 is 2.62 bits per heavy atom. The summed E-state index contributed by atoms with van der Waals surface area (Å²) < 4.78 is 41.9. The van der Waals surface area contributed by atoms with Crippen LogP contribution in [0.15, 0.2) is 51.0 Å². The first-order valence-corrected chi connectivity index (χ1v) is 10.2. The second-order valence-corrected chi connectivity index (χ2v) is 8.16. The molecule has 2 heterocycles. The van der Waals surface area contributed by atoms with Crippen LogP contribution >= 0.6 is 0 Å². The van der Waals surface area contributed by atoms with Gasteiger partial charge in [0, 0.05) is 25.1 Å². The van der Waals surface area contributed by atoms with Gasteiger partial charge < -0.3 is 9.47 Å². The van der Waals surface area contributed by atoms with Gasteiger partial charge in [0.1, 0.15) is 18.4 Å². The molecule has 3 rings (SSSR count). The minimum Gasteiger partial charge on any atom is -0.460 e. The Morgan fingerprint density at radius 2 is 1.97 bits per heavy atom. The highest BCUT2D eigenvalue weighted by molar-refractivity contribution is 7.86. The Labute approximate surface area is 166 Å². The fourth-order valence-corrected chi connectivity index (χ4v) is 3.91. The number of aryl methyl sites for hydroxylation is 1. The lowest BCUT2D eigenvalue weighted by atomic mass is 10.2. The molecule has 1 aliphatic heterocycles. The van der Waals surface area contributed by atoms with Gasteiger partial charge in [-0.2, -0.15) is 8.42 Å². The van der Waals surface area contributed by atoms with Gasteiger partial charge in [0.05, 0.1) is 11.5 Å². The number of H-pyrrole nitrogens is 1. The van der Waals surface area contributed by atoms with Crippen LogP contribution in [0.1, 0.15) is 25.1 Å². The molecule has 0 bridgehead atoms. The first-order valence-electron chi connectivity index (χ1n) is 8.76. The predicted molar refractivity (Wildman–Crippen MR) is 99.7 cm³/mol. The van der Waals surface area contributed by atoms with Crippen LogP contribution in [-0.2, 0) is 28.6 Å². The summed E-state index contributed by atoms with van der Waals surface area (Å²) in [4.78, 5) is 37.2. The molecule has 0 saturated carbocycles. The minimum atomic E-state index is -4.04.